The lowest BCUT2D eigenvalue weighted by molar-refractivity contribution is -0.131. The Morgan fingerprint density at radius 1 is 0.919 bits per heavy atom. The van der Waals surface area contributed by atoms with Crippen LogP contribution >= 0.6 is 0 Å². The first-order valence-electron chi connectivity index (χ1n) is 12.0. The summed E-state index contributed by atoms with van der Waals surface area (Å²) in [6.45, 7) is 3.90. The summed E-state index contributed by atoms with van der Waals surface area (Å²) in [5, 5.41) is 15.1. The molecule has 0 radical (unpaired) electrons. The van der Waals surface area contributed by atoms with E-state index in [2.05, 4.69) is 15.6 Å². The molecular formula is C26H37N7O4. The monoisotopic (exact) mass is 511 g/mol. The smallest absolute Gasteiger partial charge is 0.243 e. The molecule has 0 aliphatic heterocycles. The predicted octanol–water partition coefficient (Wildman–Crippen LogP) is -0.370. The van der Waals surface area contributed by atoms with Crippen LogP contribution in [0.25, 0.3) is 0 Å². The summed E-state index contributed by atoms with van der Waals surface area (Å²) in [6, 6.07) is 9.41. The van der Waals surface area contributed by atoms with Crippen LogP contribution in [0.3, 0.4) is 0 Å². The van der Waals surface area contributed by atoms with Crippen molar-refractivity contribution in [2.24, 2.45) is 27.9 Å². The van der Waals surface area contributed by atoms with E-state index in [1.807, 2.05) is 44.2 Å². The van der Waals surface area contributed by atoms with Crippen LogP contribution in [0.1, 0.15) is 35.1 Å². The van der Waals surface area contributed by atoms with Crippen LogP contribution in [0.15, 0.2) is 47.5 Å². The van der Waals surface area contributed by atoms with Crippen LogP contribution in [0.2, 0.25) is 0 Å². The zero-order chi connectivity index (χ0) is 27.5. The maximum atomic E-state index is 13.2. The molecule has 3 amide bonds. The minimum Gasteiger partial charge on any atom is -0.508 e. The Morgan fingerprint density at radius 2 is 1.51 bits per heavy atom. The summed E-state index contributed by atoms with van der Waals surface area (Å²) in [6.07, 6.45) is 1.01. The summed E-state index contributed by atoms with van der Waals surface area (Å²) in [7, 11) is 0. The van der Waals surface area contributed by atoms with E-state index in [9.17, 15) is 19.5 Å². The van der Waals surface area contributed by atoms with E-state index in [0.29, 0.717) is 6.42 Å². The van der Waals surface area contributed by atoms with E-state index in [0.717, 1.165) is 22.3 Å². The number of rotatable bonds is 13. The first-order valence-corrected chi connectivity index (χ1v) is 12.0. The lowest BCUT2D eigenvalue weighted by Gasteiger charge is -2.24. The number of nitrogens with one attached hydrogen (secondary N) is 2. The molecule has 0 aliphatic rings. The molecule has 2 aromatic carbocycles. The molecule has 2 aromatic rings. The van der Waals surface area contributed by atoms with Crippen molar-refractivity contribution in [3.05, 3.63) is 64.7 Å². The van der Waals surface area contributed by atoms with Gasteiger partial charge in [-0.05, 0) is 67.5 Å². The second-order valence-electron chi connectivity index (χ2n) is 9.03. The number of aryl methyl sites for hydroxylation is 2. The van der Waals surface area contributed by atoms with Crippen molar-refractivity contribution in [3.63, 3.8) is 0 Å². The lowest BCUT2D eigenvalue weighted by atomic mass is 9.95. The highest BCUT2D eigenvalue weighted by atomic mass is 16.3. The van der Waals surface area contributed by atoms with Crippen LogP contribution in [0.5, 0.6) is 5.75 Å². The third kappa shape index (κ3) is 9.45. The molecule has 11 N–H and O–H groups in total. The Labute approximate surface area is 216 Å². The highest BCUT2D eigenvalue weighted by molar-refractivity contribution is 5.92. The Kier molecular flexibility index (Phi) is 10.9. The summed E-state index contributed by atoms with van der Waals surface area (Å²) >= 11 is 0. The third-order valence-electron chi connectivity index (χ3n) is 5.96. The Hall–Kier alpha value is -4.12. The van der Waals surface area contributed by atoms with Gasteiger partial charge in [0.2, 0.25) is 17.7 Å². The van der Waals surface area contributed by atoms with Gasteiger partial charge in [0.25, 0.3) is 0 Å². The van der Waals surface area contributed by atoms with Gasteiger partial charge in [-0.25, -0.2) is 0 Å². The molecule has 3 atom stereocenters. The molecule has 0 aromatic heterocycles. The summed E-state index contributed by atoms with van der Waals surface area (Å²) < 4.78 is 0. The van der Waals surface area contributed by atoms with Gasteiger partial charge in [-0.1, -0.05) is 30.3 Å². The first-order chi connectivity index (χ1) is 17.5. The third-order valence-corrected chi connectivity index (χ3v) is 5.96. The number of amides is 3. The van der Waals surface area contributed by atoms with Crippen molar-refractivity contribution < 1.29 is 19.5 Å². The number of nitrogens with two attached hydrogens (primary N) is 4. The predicted molar refractivity (Wildman–Crippen MR) is 142 cm³/mol. The van der Waals surface area contributed by atoms with Gasteiger partial charge in [0, 0.05) is 13.0 Å². The number of benzene rings is 2. The number of guanidine groups is 1. The fourth-order valence-corrected chi connectivity index (χ4v) is 4.00. The number of aromatic hydroxyl groups is 1. The normalized spacial score (nSPS) is 13.2. The van der Waals surface area contributed by atoms with E-state index >= 15 is 0 Å². The fraction of sp³-hybridized carbons (Fsp3) is 0.385. The average molecular weight is 512 g/mol. The lowest BCUT2D eigenvalue weighted by Crippen LogP contribution is -2.56. The second-order valence-corrected chi connectivity index (χ2v) is 9.03. The standard InChI is InChI=1S/C26H37N7O4/c1-15-11-18(34)12-16(2)19(15)14-20(27)24(36)32-21(9-6-10-31-26(29)30)25(37)33-22(23(28)35)13-17-7-4-3-5-8-17/h3-5,7-8,11-12,20-22,34H,6,9-10,13-14,27H2,1-2H3,(H2,28,35)(H,32,36)(H,33,37)(H4,29,30,31)/t20?,21-,22?/m1/s1. The SMILES string of the molecule is Cc1cc(O)cc(C)c1CC(N)C(=O)N[C@H](CCCN=C(N)N)C(=O)NC(Cc1ccccc1)C(N)=O. The van der Waals surface area contributed by atoms with Crippen LogP contribution in [-0.4, -0.2) is 53.5 Å². The Bertz CT molecular complexity index is 1090. The van der Waals surface area contributed by atoms with Crippen LogP contribution in [0, 0.1) is 13.8 Å². The van der Waals surface area contributed by atoms with Crippen molar-refractivity contribution in [1.82, 2.24) is 10.6 Å². The zero-order valence-electron chi connectivity index (χ0n) is 21.2. The number of primary amides is 1. The number of carbonyl (C=O) groups is 3. The summed E-state index contributed by atoms with van der Waals surface area (Å²) in [5.74, 6) is -1.75. The molecule has 11 heteroatoms. The number of carbonyl (C=O) groups excluding carboxylic acids is 3. The number of hydrogen-bond acceptors (Lipinski definition) is 6. The molecule has 0 fully saturated rings. The van der Waals surface area contributed by atoms with E-state index < -0.39 is 35.8 Å². The molecular weight excluding hydrogens is 474 g/mol. The van der Waals surface area contributed by atoms with Crippen molar-refractivity contribution in [3.8, 4) is 5.75 Å². The average Bonchev–Trinajstić information content (AvgIpc) is 2.82. The minimum atomic E-state index is -0.993. The molecule has 2 unspecified atom stereocenters. The van der Waals surface area contributed by atoms with E-state index in [1.165, 1.54) is 0 Å². The number of phenolic OH excluding ortho intramolecular Hbond substituents is 1. The molecule has 0 saturated carbocycles. The van der Waals surface area contributed by atoms with E-state index in [1.54, 1.807) is 12.1 Å². The summed E-state index contributed by atoms with van der Waals surface area (Å²) in [4.78, 5) is 42.1. The van der Waals surface area contributed by atoms with Crippen molar-refractivity contribution >= 4 is 23.7 Å². The highest BCUT2D eigenvalue weighted by Gasteiger charge is 2.27. The van der Waals surface area contributed by atoms with Gasteiger partial charge in [-0.2, -0.15) is 0 Å². The highest BCUT2D eigenvalue weighted by Crippen LogP contribution is 2.21. The molecule has 0 saturated heterocycles. The van der Waals surface area contributed by atoms with E-state index in [4.69, 9.17) is 22.9 Å². The maximum absolute atomic E-state index is 13.2. The van der Waals surface area contributed by atoms with Gasteiger partial charge < -0.3 is 38.7 Å². The molecule has 2 rings (SSSR count). The van der Waals surface area contributed by atoms with Crippen molar-refractivity contribution in [2.75, 3.05) is 6.54 Å². The topological polar surface area (TPSA) is 212 Å². The molecule has 0 heterocycles. The molecule has 0 bridgehead atoms. The number of phenols is 1. The van der Waals surface area contributed by atoms with Crippen molar-refractivity contribution in [1.29, 1.82) is 0 Å². The van der Waals surface area contributed by atoms with Gasteiger partial charge in [-0.15, -0.1) is 0 Å². The molecule has 200 valence electrons. The number of nitrogens with zero attached hydrogens (tertiary/aromatic N) is 1. The summed E-state index contributed by atoms with van der Waals surface area (Å²) in [5.41, 5.74) is 25.7. The van der Waals surface area contributed by atoms with Gasteiger partial charge in [0.05, 0.1) is 6.04 Å². The van der Waals surface area contributed by atoms with Gasteiger partial charge in [-0.3, -0.25) is 19.4 Å². The largest absolute Gasteiger partial charge is 0.508 e. The van der Waals surface area contributed by atoms with Crippen LogP contribution in [-0.2, 0) is 27.2 Å². The Morgan fingerprint density at radius 3 is 2.08 bits per heavy atom. The Balaban J connectivity index is 2.14. The zero-order valence-corrected chi connectivity index (χ0v) is 21.2. The van der Waals surface area contributed by atoms with Gasteiger partial charge >= 0.3 is 0 Å². The molecule has 0 spiro atoms. The van der Waals surface area contributed by atoms with E-state index in [-0.39, 0.29) is 37.5 Å². The van der Waals surface area contributed by atoms with Gasteiger partial charge in [0.1, 0.15) is 17.8 Å². The first kappa shape index (κ1) is 29.1. The minimum absolute atomic E-state index is 0.0802. The van der Waals surface area contributed by atoms with Crippen LogP contribution < -0.4 is 33.6 Å². The second kappa shape index (κ2) is 13.8. The number of aliphatic imine (C=N–C) groups is 1. The fourth-order valence-electron chi connectivity index (χ4n) is 4.00. The van der Waals surface area contributed by atoms with Gasteiger partial charge in [0.15, 0.2) is 5.96 Å². The molecule has 11 nitrogen and oxygen atoms in total. The molecule has 0 aliphatic carbocycles. The molecule has 37 heavy (non-hydrogen) atoms. The maximum Gasteiger partial charge on any atom is 0.243 e. The van der Waals surface area contributed by atoms with Crippen LogP contribution in [0.4, 0.5) is 0 Å². The number of hydrogen-bond donors (Lipinski definition) is 7. The quantitative estimate of drug-likeness (QED) is 0.108. The van der Waals surface area contributed by atoms with Crippen molar-refractivity contribution in [2.45, 2.75) is 57.7 Å².